The summed E-state index contributed by atoms with van der Waals surface area (Å²) >= 11 is 0. The standard InChI is InChI=1S/C17H28N2/c1-6-17(5)12-18-15(4)10-19(17)11-16-8-13(2)7-14(3)9-16/h7-9,15,18H,6,10-12H2,1-5H3. The Balaban J connectivity index is 2.18. The van der Waals surface area contributed by atoms with Gasteiger partial charge in [0.1, 0.15) is 0 Å². The molecule has 1 aliphatic heterocycles. The second-order valence-corrected chi connectivity index (χ2v) is 6.51. The molecule has 1 heterocycles. The van der Waals surface area contributed by atoms with Crippen LogP contribution in [-0.2, 0) is 6.54 Å². The summed E-state index contributed by atoms with van der Waals surface area (Å²) in [5.41, 5.74) is 4.48. The van der Waals surface area contributed by atoms with Crippen LogP contribution in [0.2, 0.25) is 0 Å². The topological polar surface area (TPSA) is 15.3 Å². The first-order valence-electron chi connectivity index (χ1n) is 7.48. The van der Waals surface area contributed by atoms with Crippen molar-refractivity contribution in [3.63, 3.8) is 0 Å². The highest BCUT2D eigenvalue weighted by Gasteiger charge is 2.34. The van der Waals surface area contributed by atoms with E-state index in [4.69, 9.17) is 0 Å². The van der Waals surface area contributed by atoms with Crippen LogP contribution >= 0.6 is 0 Å². The predicted octanol–water partition coefficient (Wildman–Crippen LogP) is 3.27. The van der Waals surface area contributed by atoms with Gasteiger partial charge in [0.25, 0.3) is 0 Å². The van der Waals surface area contributed by atoms with Gasteiger partial charge in [-0.25, -0.2) is 0 Å². The maximum atomic E-state index is 3.62. The third-order valence-electron chi connectivity index (χ3n) is 4.51. The lowest BCUT2D eigenvalue weighted by atomic mass is 9.91. The molecule has 0 aromatic heterocycles. The van der Waals surface area contributed by atoms with Crippen LogP contribution < -0.4 is 5.32 Å². The van der Waals surface area contributed by atoms with E-state index in [2.05, 4.69) is 63.0 Å². The van der Waals surface area contributed by atoms with E-state index in [1.807, 2.05) is 0 Å². The Bertz CT molecular complexity index is 421. The molecule has 2 rings (SSSR count). The molecule has 0 saturated carbocycles. The van der Waals surface area contributed by atoms with Gasteiger partial charge < -0.3 is 5.32 Å². The Labute approximate surface area is 118 Å². The molecular weight excluding hydrogens is 232 g/mol. The lowest BCUT2D eigenvalue weighted by molar-refractivity contribution is 0.0453. The Morgan fingerprint density at radius 2 is 1.89 bits per heavy atom. The van der Waals surface area contributed by atoms with Crippen molar-refractivity contribution in [3.8, 4) is 0 Å². The van der Waals surface area contributed by atoms with Gasteiger partial charge in [-0.2, -0.15) is 0 Å². The molecule has 2 nitrogen and oxygen atoms in total. The molecule has 0 aliphatic carbocycles. The molecule has 2 unspecified atom stereocenters. The number of nitrogens with one attached hydrogen (secondary N) is 1. The van der Waals surface area contributed by atoms with E-state index in [-0.39, 0.29) is 5.54 Å². The SMILES string of the molecule is CCC1(C)CNC(C)CN1Cc1cc(C)cc(C)c1. The number of benzene rings is 1. The quantitative estimate of drug-likeness (QED) is 0.897. The molecule has 1 saturated heterocycles. The number of piperazine rings is 1. The summed E-state index contributed by atoms with van der Waals surface area (Å²) in [7, 11) is 0. The van der Waals surface area contributed by atoms with E-state index >= 15 is 0 Å². The first-order valence-corrected chi connectivity index (χ1v) is 7.48. The fourth-order valence-corrected chi connectivity index (χ4v) is 3.11. The molecule has 1 aromatic rings. The number of aryl methyl sites for hydroxylation is 2. The minimum Gasteiger partial charge on any atom is -0.311 e. The van der Waals surface area contributed by atoms with Crippen LogP contribution in [0.1, 0.15) is 43.9 Å². The average Bonchev–Trinajstić information content (AvgIpc) is 2.33. The van der Waals surface area contributed by atoms with Crippen LogP contribution in [0, 0.1) is 13.8 Å². The monoisotopic (exact) mass is 260 g/mol. The fraction of sp³-hybridized carbons (Fsp3) is 0.647. The van der Waals surface area contributed by atoms with E-state index in [1.54, 1.807) is 0 Å². The van der Waals surface area contributed by atoms with Gasteiger partial charge >= 0.3 is 0 Å². The van der Waals surface area contributed by atoms with Crippen molar-refractivity contribution in [1.82, 2.24) is 10.2 Å². The minimum absolute atomic E-state index is 0.282. The first-order chi connectivity index (χ1) is 8.93. The molecule has 19 heavy (non-hydrogen) atoms. The zero-order chi connectivity index (χ0) is 14.0. The maximum Gasteiger partial charge on any atom is 0.0307 e. The molecule has 1 fully saturated rings. The van der Waals surface area contributed by atoms with Crippen LogP contribution in [0.25, 0.3) is 0 Å². The molecule has 2 heteroatoms. The average molecular weight is 260 g/mol. The molecular formula is C17H28N2. The van der Waals surface area contributed by atoms with Crippen LogP contribution in [0.3, 0.4) is 0 Å². The molecule has 0 radical (unpaired) electrons. The summed E-state index contributed by atoms with van der Waals surface area (Å²) in [6.07, 6.45) is 1.19. The largest absolute Gasteiger partial charge is 0.311 e. The summed E-state index contributed by atoms with van der Waals surface area (Å²) in [5.74, 6) is 0. The van der Waals surface area contributed by atoms with Gasteiger partial charge in [-0.05, 0) is 39.7 Å². The summed E-state index contributed by atoms with van der Waals surface area (Å²) < 4.78 is 0. The van der Waals surface area contributed by atoms with Gasteiger partial charge in [0, 0.05) is 31.2 Å². The van der Waals surface area contributed by atoms with Crippen LogP contribution in [-0.4, -0.2) is 29.6 Å². The molecule has 0 amide bonds. The number of hydrogen-bond acceptors (Lipinski definition) is 2. The summed E-state index contributed by atoms with van der Waals surface area (Å²) in [6.45, 7) is 14.6. The van der Waals surface area contributed by atoms with Crippen molar-refractivity contribution in [2.24, 2.45) is 0 Å². The molecule has 1 aliphatic rings. The zero-order valence-electron chi connectivity index (χ0n) is 13.1. The van der Waals surface area contributed by atoms with Crippen molar-refractivity contribution < 1.29 is 0 Å². The zero-order valence-corrected chi connectivity index (χ0v) is 13.1. The van der Waals surface area contributed by atoms with Gasteiger partial charge in [0.15, 0.2) is 0 Å². The number of rotatable bonds is 3. The summed E-state index contributed by atoms with van der Waals surface area (Å²) in [4.78, 5) is 2.66. The van der Waals surface area contributed by atoms with Crippen molar-refractivity contribution in [2.45, 2.75) is 59.2 Å². The Hall–Kier alpha value is -0.860. The van der Waals surface area contributed by atoms with Gasteiger partial charge in [-0.1, -0.05) is 36.2 Å². The van der Waals surface area contributed by atoms with E-state index in [0.29, 0.717) is 6.04 Å². The Morgan fingerprint density at radius 3 is 2.47 bits per heavy atom. The molecule has 1 aromatic carbocycles. The Morgan fingerprint density at radius 1 is 1.26 bits per heavy atom. The van der Waals surface area contributed by atoms with Crippen LogP contribution in [0.15, 0.2) is 18.2 Å². The molecule has 106 valence electrons. The van der Waals surface area contributed by atoms with Crippen molar-refractivity contribution in [1.29, 1.82) is 0 Å². The van der Waals surface area contributed by atoms with Gasteiger partial charge in [-0.15, -0.1) is 0 Å². The van der Waals surface area contributed by atoms with Crippen molar-refractivity contribution in [2.75, 3.05) is 13.1 Å². The highest BCUT2D eigenvalue weighted by Crippen LogP contribution is 2.25. The maximum absolute atomic E-state index is 3.62. The van der Waals surface area contributed by atoms with E-state index in [9.17, 15) is 0 Å². The summed E-state index contributed by atoms with van der Waals surface area (Å²) in [6, 6.07) is 7.50. The smallest absolute Gasteiger partial charge is 0.0307 e. The van der Waals surface area contributed by atoms with E-state index < -0.39 is 0 Å². The van der Waals surface area contributed by atoms with Gasteiger partial charge in [0.05, 0.1) is 0 Å². The predicted molar refractivity (Wildman–Crippen MR) is 82.5 cm³/mol. The van der Waals surface area contributed by atoms with Crippen molar-refractivity contribution in [3.05, 3.63) is 34.9 Å². The third kappa shape index (κ3) is 3.37. The third-order valence-corrected chi connectivity index (χ3v) is 4.51. The molecule has 1 N–H and O–H groups in total. The number of hydrogen-bond donors (Lipinski definition) is 1. The summed E-state index contributed by atoms with van der Waals surface area (Å²) in [5, 5.41) is 3.62. The molecule has 0 bridgehead atoms. The minimum atomic E-state index is 0.282. The normalized spacial score (nSPS) is 28.6. The van der Waals surface area contributed by atoms with Gasteiger partial charge in [0.2, 0.25) is 0 Å². The van der Waals surface area contributed by atoms with E-state index in [0.717, 1.165) is 19.6 Å². The fourth-order valence-electron chi connectivity index (χ4n) is 3.11. The Kier molecular flexibility index (Phi) is 4.32. The van der Waals surface area contributed by atoms with Crippen molar-refractivity contribution >= 4 is 0 Å². The lowest BCUT2D eigenvalue weighted by Crippen LogP contribution is -2.61. The second-order valence-electron chi connectivity index (χ2n) is 6.51. The van der Waals surface area contributed by atoms with Gasteiger partial charge in [-0.3, -0.25) is 4.90 Å². The number of nitrogens with zero attached hydrogens (tertiary/aromatic N) is 1. The molecule has 0 spiro atoms. The van der Waals surface area contributed by atoms with Crippen LogP contribution in [0.4, 0.5) is 0 Å². The molecule has 2 atom stereocenters. The highest BCUT2D eigenvalue weighted by atomic mass is 15.3. The van der Waals surface area contributed by atoms with E-state index in [1.165, 1.54) is 23.1 Å². The lowest BCUT2D eigenvalue weighted by Gasteiger charge is -2.47. The van der Waals surface area contributed by atoms with Crippen LogP contribution in [0.5, 0.6) is 0 Å². The first kappa shape index (κ1) is 14.5. The second kappa shape index (κ2) is 5.64. The highest BCUT2D eigenvalue weighted by molar-refractivity contribution is 5.28.